The Labute approximate surface area is 73.5 Å². The zero-order valence-electron chi connectivity index (χ0n) is 7.77. The Bertz CT molecular complexity index is 50.7. The van der Waals surface area contributed by atoms with Gasteiger partial charge in [0.25, 0.3) is 0 Å². The lowest BCUT2D eigenvalue weighted by Crippen LogP contribution is -2.02. The summed E-state index contributed by atoms with van der Waals surface area (Å²) in [6.07, 6.45) is -0.699. The van der Waals surface area contributed by atoms with E-state index in [-0.39, 0.29) is 13.2 Å². The average molecular weight is 183 g/mol. The van der Waals surface area contributed by atoms with Crippen LogP contribution < -0.4 is 5.73 Å². The molecule has 0 aromatic heterocycles. The summed E-state index contributed by atoms with van der Waals surface area (Å²) in [6, 6.07) is 0. The summed E-state index contributed by atoms with van der Waals surface area (Å²) in [5, 5.41) is 31.2. The molecule has 0 heterocycles. The summed E-state index contributed by atoms with van der Waals surface area (Å²) in [4.78, 5) is 0. The molecule has 0 atom stereocenters. The number of rotatable bonds is 2. The van der Waals surface area contributed by atoms with E-state index >= 15 is 0 Å². The highest BCUT2D eigenvalue weighted by Gasteiger charge is 1.83. The van der Waals surface area contributed by atoms with Gasteiger partial charge in [0.2, 0.25) is 0 Å². The van der Waals surface area contributed by atoms with Gasteiger partial charge in [0, 0.05) is 13.2 Å². The van der Waals surface area contributed by atoms with Crippen LogP contribution in [-0.2, 0) is 0 Å². The molecular formula is C7H21NO4. The minimum Gasteiger partial charge on any atom is -0.397 e. The predicted octanol–water partition coefficient (Wildman–Crippen LogP) is -1.36. The number of hydrogen-bond donors (Lipinski definition) is 5. The SMILES string of the molecule is CCC(O)O.CCO.NCCO. The summed E-state index contributed by atoms with van der Waals surface area (Å²) in [5.74, 6) is 0. The first kappa shape index (κ1) is 17.8. The molecule has 0 saturated carbocycles. The fourth-order valence-electron chi connectivity index (χ4n) is 0. The number of hydrogen-bond acceptors (Lipinski definition) is 5. The second kappa shape index (κ2) is 22.4. The van der Waals surface area contributed by atoms with Crippen molar-refractivity contribution in [3.05, 3.63) is 0 Å². The van der Waals surface area contributed by atoms with E-state index in [4.69, 9.17) is 26.2 Å². The first-order valence-corrected chi connectivity index (χ1v) is 3.88. The van der Waals surface area contributed by atoms with Gasteiger partial charge in [-0.15, -0.1) is 0 Å². The van der Waals surface area contributed by atoms with Crippen LogP contribution in [0.4, 0.5) is 0 Å². The van der Waals surface area contributed by atoms with Gasteiger partial charge in [-0.05, 0) is 13.3 Å². The maximum absolute atomic E-state index is 7.92. The van der Waals surface area contributed by atoms with E-state index in [0.29, 0.717) is 13.0 Å². The molecular weight excluding hydrogens is 162 g/mol. The molecule has 0 aromatic rings. The van der Waals surface area contributed by atoms with E-state index < -0.39 is 6.29 Å². The van der Waals surface area contributed by atoms with Crippen LogP contribution in [0.3, 0.4) is 0 Å². The molecule has 0 saturated heterocycles. The summed E-state index contributed by atoms with van der Waals surface area (Å²) in [7, 11) is 0. The minimum absolute atomic E-state index is 0.0972. The van der Waals surface area contributed by atoms with Crippen molar-refractivity contribution < 1.29 is 20.4 Å². The van der Waals surface area contributed by atoms with Crippen LogP contribution in [0.1, 0.15) is 20.3 Å². The highest BCUT2D eigenvalue weighted by molar-refractivity contribution is 4.21. The van der Waals surface area contributed by atoms with Crippen LogP contribution >= 0.6 is 0 Å². The molecule has 78 valence electrons. The van der Waals surface area contributed by atoms with Crippen LogP contribution in [-0.4, -0.2) is 46.5 Å². The summed E-state index contributed by atoms with van der Waals surface area (Å²) in [5.41, 5.74) is 4.78. The van der Waals surface area contributed by atoms with Crippen LogP contribution in [0.5, 0.6) is 0 Å². The topological polar surface area (TPSA) is 107 Å². The van der Waals surface area contributed by atoms with Crippen molar-refractivity contribution >= 4 is 0 Å². The lowest BCUT2D eigenvalue weighted by molar-refractivity contribution is -0.0413. The van der Waals surface area contributed by atoms with Gasteiger partial charge in [-0.25, -0.2) is 0 Å². The average Bonchev–Trinajstić information content (AvgIpc) is 2.06. The normalized spacial score (nSPS) is 8.00. The van der Waals surface area contributed by atoms with Gasteiger partial charge in [-0.3, -0.25) is 0 Å². The van der Waals surface area contributed by atoms with Gasteiger partial charge in [0.1, 0.15) is 0 Å². The molecule has 0 aliphatic heterocycles. The van der Waals surface area contributed by atoms with Gasteiger partial charge < -0.3 is 26.2 Å². The lowest BCUT2D eigenvalue weighted by Gasteiger charge is -1.90. The third-order valence-corrected chi connectivity index (χ3v) is 0.494. The van der Waals surface area contributed by atoms with Crippen LogP contribution in [0.15, 0.2) is 0 Å². The zero-order valence-corrected chi connectivity index (χ0v) is 7.77. The monoisotopic (exact) mass is 183 g/mol. The molecule has 0 bridgehead atoms. The Kier molecular flexibility index (Phi) is 33.2. The first-order chi connectivity index (χ1) is 5.60. The van der Waals surface area contributed by atoms with Crippen LogP contribution in [0.25, 0.3) is 0 Å². The van der Waals surface area contributed by atoms with Crippen molar-refractivity contribution in [1.82, 2.24) is 0 Å². The molecule has 5 heteroatoms. The van der Waals surface area contributed by atoms with E-state index in [0.717, 1.165) is 0 Å². The second-order valence-corrected chi connectivity index (χ2v) is 1.72. The summed E-state index contributed by atoms with van der Waals surface area (Å²) in [6.45, 7) is 4.10. The maximum atomic E-state index is 7.92. The van der Waals surface area contributed by atoms with Gasteiger partial charge in [-0.2, -0.15) is 0 Å². The van der Waals surface area contributed by atoms with Crippen molar-refractivity contribution in [1.29, 1.82) is 0 Å². The maximum Gasteiger partial charge on any atom is 0.151 e. The Balaban J connectivity index is -0.000000105. The van der Waals surface area contributed by atoms with Crippen LogP contribution in [0.2, 0.25) is 0 Å². The number of nitrogens with two attached hydrogens (primary N) is 1. The van der Waals surface area contributed by atoms with E-state index in [1.165, 1.54) is 0 Å². The standard InChI is InChI=1S/C3H8O2.C2H7NO.C2H6O/c1-2-3(4)5;3-1-2-4;1-2-3/h3-5H,2H2,1H3;4H,1-3H2;3H,2H2,1H3. The van der Waals surface area contributed by atoms with Crippen molar-refractivity contribution in [3.8, 4) is 0 Å². The molecule has 0 spiro atoms. The van der Waals surface area contributed by atoms with E-state index in [9.17, 15) is 0 Å². The van der Waals surface area contributed by atoms with E-state index in [1.54, 1.807) is 13.8 Å². The molecule has 5 nitrogen and oxygen atoms in total. The second-order valence-electron chi connectivity index (χ2n) is 1.72. The Morgan fingerprint density at radius 3 is 1.33 bits per heavy atom. The molecule has 0 rings (SSSR count). The van der Waals surface area contributed by atoms with Crippen LogP contribution in [0, 0.1) is 0 Å². The fourth-order valence-corrected chi connectivity index (χ4v) is 0. The van der Waals surface area contributed by atoms with Gasteiger partial charge in [0.05, 0.1) is 6.61 Å². The third-order valence-electron chi connectivity index (χ3n) is 0.494. The quantitative estimate of drug-likeness (QED) is 0.340. The Morgan fingerprint density at radius 2 is 1.33 bits per heavy atom. The van der Waals surface area contributed by atoms with Crippen molar-refractivity contribution in [2.75, 3.05) is 19.8 Å². The number of aliphatic hydroxyl groups is 4. The Hall–Kier alpha value is -0.200. The predicted molar refractivity (Wildman–Crippen MR) is 47.4 cm³/mol. The molecule has 12 heavy (non-hydrogen) atoms. The highest BCUT2D eigenvalue weighted by atomic mass is 16.5. The van der Waals surface area contributed by atoms with Crippen molar-refractivity contribution in [2.45, 2.75) is 26.6 Å². The molecule has 0 aliphatic rings. The molecule has 0 radical (unpaired) electrons. The largest absolute Gasteiger partial charge is 0.397 e. The molecule has 0 unspecified atom stereocenters. The van der Waals surface area contributed by atoms with E-state index in [2.05, 4.69) is 0 Å². The summed E-state index contributed by atoms with van der Waals surface area (Å²) >= 11 is 0. The molecule has 0 fully saturated rings. The molecule has 0 aromatic carbocycles. The smallest absolute Gasteiger partial charge is 0.151 e. The van der Waals surface area contributed by atoms with Crippen molar-refractivity contribution in [3.63, 3.8) is 0 Å². The fraction of sp³-hybridized carbons (Fsp3) is 1.00. The zero-order chi connectivity index (χ0) is 10.4. The number of aliphatic hydroxyl groups excluding tert-OH is 3. The minimum atomic E-state index is -1.12. The van der Waals surface area contributed by atoms with E-state index in [1.807, 2.05) is 0 Å². The molecule has 0 aliphatic carbocycles. The van der Waals surface area contributed by atoms with Gasteiger partial charge in [0.15, 0.2) is 6.29 Å². The molecule has 0 amide bonds. The van der Waals surface area contributed by atoms with Gasteiger partial charge in [-0.1, -0.05) is 6.92 Å². The molecule has 6 N–H and O–H groups in total. The Morgan fingerprint density at radius 1 is 1.17 bits per heavy atom. The highest BCUT2D eigenvalue weighted by Crippen LogP contribution is 1.77. The van der Waals surface area contributed by atoms with Crippen molar-refractivity contribution in [2.24, 2.45) is 5.73 Å². The summed E-state index contributed by atoms with van der Waals surface area (Å²) < 4.78 is 0. The lowest BCUT2D eigenvalue weighted by atomic mass is 10.5. The van der Waals surface area contributed by atoms with Gasteiger partial charge >= 0.3 is 0 Å². The third kappa shape index (κ3) is 96.8. The first-order valence-electron chi connectivity index (χ1n) is 3.88.